The van der Waals surface area contributed by atoms with Crippen LogP contribution < -0.4 is 15.4 Å². The fraction of sp³-hybridized carbons (Fsp3) is 0.633. The number of anilines is 1. The highest BCUT2D eigenvalue weighted by Gasteiger charge is 2.65. The zero-order valence-electron chi connectivity index (χ0n) is 24.7. The van der Waals surface area contributed by atoms with Crippen molar-refractivity contribution in [3.8, 4) is 11.8 Å². The molecule has 44 heavy (non-hydrogen) atoms. The summed E-state index contributed by atoms with van der Waals surface area (Å²) in [5, 5.41) is 15.1. The molecule has 5 aliphatic rings. The number of ether oxygens (including phenoxy) is 2. The van der Waals surface area contributed by atoms with E-state index in [9.17, 15) is 33.2 Å². The maximum Gasteiger partial charge on any atom is 0.407 e. The van der Waals surface area contributed by atoms with E-state index in [1.54, 1.807) is 20.8 Å². The monoisotopic (exact) mass is 617 g/mol. The second kappa shape index (κ2) is 10.3. The Morgan fingerprint density at radius 1 is 1.20 bits per heavy atom. The SMILES string of the molecule is COC(=O)N[C@H](C(=O)N1C[C@@H]2[C@H]3C[C@@H]([C@@H]2[C@H]1C(=O)N1C[C@@]2(C[C@H]1C#N)Oc1cc(F)cc(F)c1NC2=O)[C@H](F)C3)C(C)(C)C. The summed E-state index contributed by atoms with van der Waals surface area (Å²) >= 11 is 0. The van der Waals surface area contributed by atoms with Gasteiger partial charge in [-0.05, 0) is 41.9 Å². The van der Waals surface area contributed by atoms with Gasteiger partial charge in [-0.15, -0.1) is 0 Å². The van der Waals surface area contributed by atoms with Crippen molar-refractivity contribution in [1.29, 1.82) is 5.26 Å². The lowest BCUT2D eigenvalue weighted by molar-refractivity contribution is -0.149. The molecule has 3 heterocycles. The van der Waals surface area contributed by atoms with Crippen LogP contribution in [0, 0.1) is 52.1 Å². The zero-order chi connectivity index (χ0) is 31.9. The highest BCUT2D eigenvalue weighted by Crippen LogP contribution is 2.59. The molecule has 0 aromatic heterocycles. The molecule has 236 valence electrons. The van der Waals surface area contributed by atoms with Crippen LogP contribution in [-0.4, -0.2) is 83.7 Å². The number of fused-ring (bicyclic) bond motifs is 6. The van der Waals surface area contributed by atoms with Crippen LogP contribution in [-0.2, 0) is 19.1 Å². The molecule has 4 fully saturated rings. The Labute approximate surface area is 252 Å². The first-order valence-electron chi connectivity index (χ1n) is 14.7. The van der Waals surface area contributed by atoms with Crippen LogP contribution in [0.15, 0.2) is 12.1 Å². The first kappa shape index (κ1) is 30.0. The molecular weight excluding hydrogens is 583 g/mol. The predicted octanol–water partition coefficient (Wildman–Crippen LogP) is 2.75. The molecule has 0 unspecified atom stereocenters. The quantitative estimate of drug-likeness (QED) is 0.532. The van der Waals surface area contributed by atoms with Crippen molar-refractivity contribution in [2.45, 2.75) is 69.9 Å². The fourth-order valence-corrected chi connectivity index (χ4v) is 8.10. The first-order valence-corrected chi connectivity index (χ1v) is 14.7. The number of rotatable bonds is 3. The molecule has 2 bridgehead atoms. The Balaban J connectivity index is 1.35. The minimum atomic E-state index is -1.83. The van der Waals surface area contributed by atoms with Crippen molar-refractivity contribution in [1.82, 2.24) is 15.1 Å². The average Bonchev–Trinajstić information content (AvgIpc) is 3.71. The van der Waals surface area contributed by atoms with E-state index in [1.165, 1.54) is 12.0 Å². The highest BCUT2D eigenvalue weighted by atomic mass is 19.1. The van der Waals surface area contributed by atoms with Gasteiger partial charge in [-0.2, -0.15) is 5.26 Å². The summed E-state index contributed by atoms with van der Waals surface area (Å²) in [5.41, 5.74) is -2.97. The summed E-state index contributed by atoms with van der Waals surface area (Å²) in [6, 6.07) is 0.0978. The van der Waals surface area contributed by atoms with E-state index in [0.717, 1.165) is 11.0 Å². The maximum absolute atomic E-state index is 15.2. The average molecular weight is 618 g/mol. The van der Waals surface area contributed by atoms with Crippen molar-refractivity contribution >= 4 is 29.5 Å². The molecule has 1 spiro atoms. The fourth-order valence-electron chi connectivity index (χ4n) is 8.10. The second-order valence-electron chi connectivity index (χ2n) is 13.6. The molecule has 2 saturated heterocycles. The van der Waals surface area contributed by atoms with E-state index >= 15 is 4.39 Å². The molecule has 1 aromatic carbocycles. The summed E-state index contributed by atoms with van der Waals surface area (Å²) in [4.78, 5) is 56.8. The number of hydrogen-bond donors (Lipinski definition) is 2. The molecule has 3 aliphatic heterocycles. The molecule has 4 amide bonds. The molecular formula is C30H34F3N5O6. The first-order chi connectivity index (χ1) is 20.7. The molecule has 6 rings (SSSR count). The van der Waals surface area contributed by atoms with Gasteiger partial charge in [0.2, 0.25) is 17.4 Å². The number of methoxy groups -OCH3 is 1. The van der Waals surface area contributed by atoms with E-state index < -0.39 is 89.1 Å². The van der Waals surface area contributed by atoms with Crippen LogP contribution in [0.4, 0.5) is 23.7 Å². The largest absolute Gasteiger partial charge is 0.473 e. The number of nitriles is 1. The van der Waals surface area contributed by atoms with Crippen LogP contribution in [0.5, 0.6) is 5.75 Å². The van der Waals surface area contributed by atoms with Gasteiger partial charge in [-0.3, -0.25) is 14.4 Å². The number of alkyl halides is 1. The summed E-state index contributed by atoms with van der Waals surface area (Å²) < 4.78 is 54.2. The van der Waals surface area contributed by atoms with Crippen LogP contribution in [0.25, 0.3) is 0 Å². The van der Waals surface area contributed by atoms with Crippen LogP contribution in [0.1, 0.15) is 40.0 Å². The third-order valence-corrected chi connectivity index (χ3v) is 10.1. The van der Waals surface area contributed by atoms with Gasteiger partial charge in [0.1, 0.15) is 35.8 Å². The van der Waals surface area contributed by atoms with Crippen molar-refractivity contribution in [2.24, 2.45) is 29.1 Å². The number of nitrogens with one attached hydrogen (secondary N) is 2. The number of benzene rings is 1. The molecule has 2 saturated carbocycles. The summed E-state index contributed by atoms with van der Waals surface area (Å²) in [6.07, 6.45) is -1.35. The minimum absolute atomic E-state index is 0.0276. The molecule has 1 aromatic rings. The van der Waals surface area contributed by atoms with E-state index in [-0.39, 0.29) is 36.2 Å². The Morgan fingerprint density at radius 3 is 2.59 bits per heavy atom. The number of halogens is 3. The van der Waals surface area contributed by atoms with Crippen molar-refractivity contribution in [3.63, 3.8) is 0 Å². The van der Waals surface area contributed by atoms with Gasteiger partial charge in [0.25, 0.3) is 5.91 Å². The second-order valence-corrected chi connectivity index (χ2v) is 13.6. The molecule has 14 heteroatoms. The van der Waals surface area contributed by atoms with Crippen molar-refractivity contribution in [2.75, 3.05) is 25.5 Å². The lowest BCUT2D eigenvalue weighted by Gasteiger charge is -2.38. The smallest absolute Gasteiger partial charge is 0.407 e. The Morgan fingerprint density at radius 2 is 1.93 bits per heavy atom. The number of carbonyl (C=O) groups excluding carboxylic acids is 4. The standard InChI is InChI=1S/C30H34F3N5O6/c1-29(2,3)24(36-28(42)43-4)26(40)37-11-17-13-5-16(18(32)6-13)21(17)23(37)25(39)38-12-30(9-15(38)10-34)27(41)35-22-19(33)7-14(31)8-20(22)44-30/h7-8,13,15-18,21,23-24H,5-6,9,11-12H2,1-4H3,(H,35,41)(H,36,42)/t13-,15-,16+,17+,18+,21-,23-,24+,30+/m0/s1. The Kier molecular flexibility index (Phi) is 7.01. The maximum atomic E-state index is 15.2. The number of hydrogen-bond acceptors (Lipinski definition) is 7. The molecule has 0 radical (unpaired) electrons. The number of nitrogens with zero attached hydrogens (tertiary/aromatic N) is 3. The molecule has 9 atom stereocenters. The van der Waals surface area contributed by atoms with Crippen LogP contribution >= 0.6 is 0 Å². The van der Waals surface area contributed by atoms with E-state index in [0.29, 0.717) is 18.9 Å². The third kappa shape index (κ3) is 4.54. The van der Waals surface area contributed by atoms with Gasteiger partial charge in [0.15, 0.2) is 11.6 Å². The topological polar surface area (TPSA) is 141 Å². The number of likely N-dealkylation sites (tertiary alicyclic amines) is 2. The van der Waals surface area contributed by atoms with Gasteiger partial charge in [0, 0.05) is 25.1 Å². The zero-order valence-corrected chi connectivity index (χ0v) is 24.7. The summed E-state index contributed by atoms with van der Waals surface area (Å²) in [7, 11) is 1.17. The van der Waals surface area contributed by atoms with E-state index in [1.807, 2.05) is 6.07 Å². The van der Waals surface area contributed by atoms with Crippen LogP contribution in [0.3, 0.4) is 0 Å². The van der Waals surface area contributed by atoms with Gasteiger partial charge < -0.3 is 29.9 Å². The van der Waals surface area contributed by atoms with Gasteiger partial charge in [0.05, 0.1) is 19.7 Å². The van der Waals surface area contributed by atoms with Gasteiger partial charge in [-0.25, -0.2) is 18.0 Å². The molecule has 2 aliphatic carbocycles. The number of alkyl carbamates (subject to hydrolysis) is 1. The van der Waals surface area contributed by atoms with Gasteiger partial charge >= 0.3 is 6.09 Å². The lowest BCUT2D eigenvalue weighted by Crippen LogP contribution is -2.60. The molecule has 11 nitrogen and oxygen atoms in total. The Bertz CT molecular complexity index is 1480. The minimum Gasteiger partial charge on any atom is -0.473 e. The normalized spacial score (nSPS) is 34.1. The van der Waals surface area contributed by atoms with Crippen molar-refractivity contribution < 1.29 is 41.8 Å². The molecule has 2 N–H and O–H groups in total. The third-order valence-electron chi connectivity index (χ3n) is 10.1. The van der Waals surface area contributed by atoms with E-state index in [4.69, 9.17) is 9.47 Å². The number of carbonyl (C=O) groups is 4. The van der Waals surface area contributed by atoms with Gasteiger partial charge in [-0.1, -0.05) is 20.8 Å². The highest BCUT2D eigenvalue weighted by molar-refractivity contribution is 6.02. The predicted molar refractivity (Wildman–Crippen MR) is 146 cm³/mol. The summed E-state index contributed by atoms with van der Waals surface area (Å²) in [5.74, 6) is -5.43. The van der Waals surface area contributed by atoms with E-state index in [2.05, 4.69) is 10.6 Å². The van der Waals surface area contributed by atoms with Crippen LogP contribution in [0.2, 0.25) is 0 Å². The number of amides is 4. The summed E-state index contributed by atoms with van der Waals surface area (Å²) in [6.45, 7) is 4.99. The lowest BCUT2D eigenvalue weighted by atomic mass is 9.77. The van der Waals surface area contributed by atoms with Crippen molar-refractivity contribution in [3.05, 3.63) is 23.8 Å². The Hall–Kier alpha value is -4.02.